The third kappa shape index (κ3) is 3.06. The molecular weight excluding hydrogens is 216 g/mol. The van der Waals surface area contributed by atoms with Crippen molar-refractivity contribution in [3.05, 3.63) is 36.2 Å². The molecule has 4 nitrogen and oxygen atoms in total. The number of nitrogens with one attached hydrogen (secondary N) is 1. The minimum atomic E-state index is -0.405. The van der Waals surface area contributed by atoms with Crippen molar-refractivity contribution in [1.29, 1.82) is 0 Å². The van der Waals surface area contributed by atoms with Gasteiger partial charge in [-0.1, -0.05) is 12.2 Å². The van der Waals surface area contributed by atoms with Crippen LogP contribution in [0.1, 0.15) is 29.8 Å². The van der Waals surface area contributed by atoms with Crippen LogP contribution in [0.4, 0.5) is 5.69 Å². The minimum Gasteiger partial charge on any atom is -0.464 e. The molecule has 0 aliphatic heterocycles. The molecule has 1 N–H and O–H groups in total. The van der Waals surface area contributed by atoms with Crippen LogP contribution in [0.15, 0.2) is 30.5 Å². The molecule has 1 aliphatic rings. The monoisotopic (exact) mass is 232 g/mol. The number of anilines is 1. The molecule has 0 saturated carbocycles. The van der Waals surface area contributed by atoms with E-state index in [-0.39, 0.29) is 0 Å². The molecule has 0 saturated heterocycles. The van der Waals surface area contributed by atoms with E-state index in [4.69, 9.17) is 0 Å². The molecule has 0 amide bonds. The lowest BCUT2D eigenvalue weighted by molar-refractivity contribution is 0.0594. The number of methoxy groups -OCH3 is 1. The number of hydrogen-bond donors (Lipinski definition) is 1. The quantitative estimate of drug-likeness (QED) is 0.642. The first-order valence-electron chi connectivity index (χ1n) is 5.75. The van der Waals surface area contributed by atoms with Gasteiger partial charge in [-0.25, -0.2) is 9.78 Å². The van der Waals surface area contributed by atoms with Crippen molar-refractivity contribution in [3.8, 4) is 0 Å². The Morgan fingerprint density at radius 2 is 2.41 bits per heavy atom. The van der Waals surface area contributed by atoms with Gasteiger partial charge in [-0.3, -0.25) is 0 Å². The highest BCUT2D eigenvalue weighted by Gasteiger charge is 2.11. The van der Waals surface area contributed by atoms with E-state index >= 15 is 0 Å². The maximum Gasteiger partial charge on any atom is 0.356 e. The molecule has 1 aliphatic carbocycles. The van der Waals surface area contributed by atoms with Gasteiger partial charge in [-0.15, -0.1) is 0 Å². The average Bonchev–Trinajstić information content (AvgIpc) is 2.39. The minimum absolute atomic E-state index is 0.337. The molecule has 0 bridgehead atoms. The zero-order valence-corrected chi connectivity index (χ0v) is 9.85. The largest absolute Gasteiger partial charge is 0.464 e. The molecule has 1 heterocycles. The van der Waals surface area contributed by atoms with Gasteiger partial charge in [0.1, 0.15) is 5.69 Å². The number of ether oxygens (including phenoxy) is 1. The third-order valence-electron chi connectivity index (χ3n) is 2.79. The first-order valence-corrected chi connectivity index (χ1v) is 5.75. The molecule has 0 radical (unpaired) electrons. The number of aromatic nitrogens is 1. The Morgan fingerprint density at radius 3 is 3.12 bits per heavy atom. The highest BCUT2D eigenvalue weighted by molar-refractivity contribution is 5.88. The van der Waals surface area contributed by atoms with E-state index in [9.17, 15) is 4.79 Å². The molecule has 17 heavy (non-hydrogen) atoms. The Labute approximate surface area is 101 Å². The van der Waals surface area contributed by atoms with Gasteiger partial charge in [-0.2, -0.15) is 0 Å². The van der Waals surface area contributed by atoms with E-state index in [0.29, 0.717) is 11.7 Å². The lowest BCUT2D eigenvalue weighted by Crippen LogP contribution is -2.20. The molecular formula is C13H16N2O2. The summed E-state index contributed by atoms with van der Waals surface area (Å²) in [4.78, 5) is 15.3. The number of nitrogens with zero attached hydrogens (tertiary/aromatic N) is 1. The summed E-state index contributed by atoms with van der Waals surface area (Å²) in [5, 5.41) is 3.40. The summed E-state index contributed by atoms with van der Waals surface area (Å²) < 4.78 is 4.64. The van der Waals surface area contributed by atoms with Crippen LogP contribution in [0.25, 0.3) is 0 Å². The summed E-state index contributed by atoms with van der Waals surface area (Å²) in [6.45, 7) is 0. The van der Waals surface area contributed by atoms with Crippen LogP contribution < -0.4 is 5.32 Å². The van der Waals surface area contributed by atoms with Crippen LogP contribution in [0.3, 0.4) is 0 Å². The number of hydrogen-bond acceptors (Lipinski definition) is 4. The van der Waals surface area contributed by atoms with E-state index in [2.05, 4.69) is 27.2 Å². The number of allylic oxidation sites excluding steroid dienone is 1. The van der Waals surface area contributed by atoms with Crippen molar-refractivity contribution in [1.82, 2.24) is 4.98 Å². The van der Waals surface area contributed by atoms with Crippen LogP contribution in [0.2, 0.25) is 0 Å². The van der Waals surface area contributed by atoms with Gasteiger partial charge in [-0.05, 0) is 31.4 Å². The van der Waals surface area contributed by atoms with Crippen molar-refractivity contribution < 1.29 is 9.53 Å². The maximum absolute atomic E-state index is 11.3. The standard InChI is InChI=1S/C13H16N2O2/c1-17-13(16)12-9-11(7-8-14-12)15-10-5-3-2-4-6-10/h2-3,7-10H,4-6H2,1H3,(H,14,15). The van der Waals surface area contributed by atoms with Crippen molar-refractivity contribution in [2.75, 3.05) is 12.4 Å². The van der Waals surface area contributed by atoms with Crippen molar-refractivity contribution >= 4 is 11.7 Å². The summed E-state index contributed by atoms with van der Waals surface area (Å²) in [6.07, 6.45) is 9.25. The normalized spacial score (nSPS) is 18.8. The Hall–Kier alpha value is -1.84. The second-order valence-electron chi connectivity index (χ2n) is 4.05. The number of carbonyl (C=O) groups excluding carboxylic acids is 1. The Balaban J connectivity index is 2.05. The highest BCUT2D eigenvalue weighted by atomic mass is 16.5. The van der Waals surface area contributed by atoms with E-state index in [0.717, 1.165) is 24.9 Å². The Bertz CT molecular complexity index is 429. The highest BCUT2D eigenvalue weighted by Crippen LogP contribution is 2.17. The van der Waals surface area contributed by atoms with E-state index < -0.39 is 5.97 Å². The first kappa shape index (κ1) is 11.6. The van der Waals surface area contributed by atoms with E-state index in [1.807, 2.05) is 6.07 Å². The lowest BCUT2D eigenvalue weighted by atomic mass is 10.0. The van der Waals surface area contributed by atoms with Gasteiger partial charge in [0.2, 0.25) is 0 Å². The zero-order chi connectivity index (χ0) is 12.1. The molecule has 1 aromatic heterocycles. The number of pyridine rings is 1. The molecule has 1 atom stereocenters. The van der Waals surface area contributed by atoms with Crippen molar-refractivity contribution in [2.45, 2.75) is 25.3 Å². The molecule has 4 heteroatoms. The first-order chi connectivity index (χ1) is 8.29. The molecule has 0 spiro atoms. The smallest absolute Gasteiger partial charge is 0.356 e. The summed E-state index contributed by atoms with van der Waals surface area (Å²) >= 11 is 0. The summed E-state index contributed by atoms with van der Waals surface area (Å²) in [7, 11) is 1.36. The Morgan fingerprint density at radius 1 is 1.53 bits per heavy atom. The molecule has 90 valence electrons. The predicted molar refractivity (Wildman–Crippen MR) is 66.0 cm³/mol. The fourth-order valence-electron chi connectivity index (χ4n) is 1.90. The van der Waals surface area contributed by atoms with Crippen LogP contribution >= 0.6 is 0 Å². The third-order valence-corrected chi connectivity index (χ3v) is 2.79. The second kappa shape index (κ2) is 5.48. The van der Waals surface area contributed by atoms with Crippen LogP contribution in [-0.2, 0) is 4.74 Å². The topological polar surface area (TPSA) is 51.2 Å². The molecule has 1 aromatic rings. The molecule has 0 fully saturated rings. The van der Waals surface area contributed by atoms with Crippen molar-refractivity contribution in [2.24, 2.45) is 0 Å². The summed E-state index contributed by atoms with van der Waals surface area (Å²) in [6, 6.07) is 4.03. The molecule has 2 rings (SSSR count). The van der Waals surface area contributed by atoms with Crippen LogP contribution in [-0.4, -0.2) is 24.1 Å². The average molecular weight is 232 g/mol. The summed E-state index contributed by atoms with van der Waals surface area (Å²) in [5.74, 6) is -0.405. The fourth-order valence-corrected chi connectivity index (χ4v) is 1.90. The fraction of sp³-hybridized carbons (Fsp3) is 0.385. The van der Waals surface area contributed by atoms with Gasteiger partial charge in [0.25, 0.3) is 0 Å². The zero-order valence-electron chi connectivity index (χ0n) is 9.85. The van der Waals surface area contributed by atoms with Gasteiger partial charge >= 0.3 is 5.97 Å². The van der Waals surface area contributed by atoms with Gasteiger partial charge in [0, 0.05) is 17.9 Å². The van der Waals surface area contributed by atoms with Gasteiger partial charge in [0.15, 0.2) is 0 Å². The lowest BCUT2D eigenvalue weighted by Gasteiger charge is -2.20. The Kier molecular flexibility index (Phi) is 3.75. The van der Waals surface area contributed by atoms with Gasteiger partial charge in [0.05, 0.1) is 7.11 Å². The SMILES string of the molecule is COC(=O)c1cc(NC2CC=CCC2)ccn1. The number of esters is 1. The van der Waals surface area contributed by atoms with E-state index in [1.54, 1.807) is 12.3 Å². The summed E-state index contributed by atoms with van der Waals surface area (Å²) in [5.41, 5.74) is 1.25. The van der Waals surface area contributed by atoms with Gasteiger partial charge < -0.3 is 10.1 Å². The molecule has 1 unspecified atom stereocenters. The number of rotatable bonds is 3. The maximum atomic E-state index is 11.3. The van der Waals surface area contributed by atoms with E-state index in [1.165, 1.54) is 7.11 Å². The van der Waals surface area contributed by atoms with Crippen LogP contribution in [0, 0.1) is 0 Å². The van der Waals surface area contributed by atoms with Crippen LogP contribution in [0.5, 0.6) is 0 Å². The van der Waals surface area contributed by atoms with Crippen molar-refractivity contribution in [3.63, 3.8) is 0 Å². The number of carbonyl (C=O) groups is 1. The molecule has 0 aromatic carbocycles. The second-order valence-corrected chi connectivity index (χ2v) is 4.05. The predicted octanol–water partition coefficient (Wildman–Crippen LogP) is 2.39.